The number of pyridine rings is 1. The Morgan fingerprint density at radius 1 is 1.08 bits per heavy atom. The highest BCUT2D eigenvalue weighted by molar-refractivity contribution is 5.90. The van der Waals surface area contributed by atoms with Gasteiger partial charge in [0.25, 0.3) is 0 Å². The van der Waals surface area contributed by atoms with E-state index in [0.29, 0.717) is 31.3 Å². The first kappa shape index (κ1) is 19.4. The Morgan fingerprint density at radius 3 is 2.54 bits per heavy atom. The summed E-state index contributed by atoms with van der Waals surface area (Å²) in [5.74, 6) is 1.20. The molecule has 3 N–H and O–H groups in total. The van der Waals surface area contributed by atoms with E-state index in [1.165, 1.54) is 5.56 Å². The fraction of sp³-hybridized carbons (Fsp3) is 0.350. The van der Waals surface area contributed by atoms with E-state index in [2.05, 4.69) is 57.1 Å². The van der Waals surface area contributed by atoms with Crippen molar-refractivity contribution in [2.45, 2.75) is 33.7 Å². The molecule has 0 aliphatic rings. The molecular weight excluding hydrogens is 326 g/mol. The van der Waals surface area contributed by atoms with Gasteiger partial charge < -0.3 is 16.0 Å². The molecule has 0 unspecified atom stereocenters. The summed E-state index contributed by atoms with van der Waals surface area (Å²) >= 11 is 0. The highest BCUT2D eigenvalue weighted by Gasteiger charge is 2.04. The molecule has 1 heterocycles. The van der Waals surface area contributed by atoms with Crippen LogP contribution in [0.3, 0.4) is 0 Å². The normalized spacial score (nSPS) is 11.1. The molecule has 26 heavy (non-hydrogen) atoms. The Kier molecular flexibility index (Phi) is 7.61. The standard InChI is InChI=1S/C20H27N5O/c1-4-21-20(23-14-17-10-8-15(2)9-11-17)22-13-12-19(26)25-18-7-5-6-16(3)24-18/h5-11H,4,12-14H2,1-3H3,(H2,21,22,23)(H,24,25,26). The van der Waals surface area contributed by atoms with Crippen LogP contribution in [-0.4, -0.2) is 29.9 Å². The van der Waals surface area contributed by atoms with Crippen molar-refractivity contribution in [3.8, 4) is 0 Å². The summed E-state index contributed by atoms with van der Waals surface area (Å²) in [7, 11) is 0. The van der Waals surface area contributed by atoms with Crippen LogP contribution in [0.15, 0.2) is 47.5 Å². The number of nitrogens with one attached hydrogen (secondary N) is 3. The number of aromatic nitrogens is 1. The van der Waals surface area contributed by atoms with Crippen LogP contribution >= 0.6 is 0 Å². The Hall–Kier alpha value is -2.89. The molecule has 1 aromatic carbocycles. The van der Waals surface area contributed by atoms with E-state index in [-0.39, 0.29) is 5.91 Å². The van der Waals surface area contributed by atoms with Gasteiger partial charge in [-0.05, 0) is 38.5 Å². The molecule has 0 atom stereocenters. The van der Waals surface area contributed by atoms with Crippen LogP contribution in [0.1, 0.15) is 30.2 Å². The van der Waals surface area contributed by atoms with E-state index in [1.807, 2.05) is 26.0 Å². The summed E-state index contributed by atoms with van der Waals surface area (Å²) in [6, 6.07) is 13.9. The molecule has 2 rings (SSSR count). The summed E-state index contributed by atoms with van der Waals surface area (Å²) in [5, 5.41) is 9.18. The first-order chi connectivity index (χ1) is 12.6. The topological polar surface area (TPSA) is 78.4 Å². The minimum atomic E-state index is -0.0787. The molecule has 0 bridgehead atoms. The molecule has 6 nitrogen and oxygen atoms in total. The van der Waals surface area contributed by atoms with Gasteiger partial charge in [-0.25, -0.2) is 9.98 Å². The summed E-state index contributed by atoms with van der Waals surface area (Å²) in [6.45, 7) is 7.82. The third-order valence-corrected chi connectivity index (χ3v) is 3.68. The number of hydrogen-bond donors (Lipinski definition) is 3. The van der Waals surface area contributed by atoms with E-state index in [0.717, 1.165) is 17.8 Å². The molecule has 0 aliphatic carbocycles. The molecule has 138 valence electrons. The minimum absolute atomic E-state index is 0.0787. The number of amides is 1. The van der Waals surface area contributed by atoms with Crippen LogP contribution in [0, 0.1) is 13.8 Å². The maximum Gasteiger partial charge on any atom is 0.227 e. The number of hydrogen-bond acceptors (Lipinski definition) is 3. The van der Waals surface area contributed by atoms with Gasteiger partial charge in [0.05, 0.1) is 6.54 Å². The van der Waals surface area contributed by atoms with Crippen LogP contribution in [0.4, 0.5) is 5.82 Å². The van der Waals surface area contributed by atoms with Gasteiger partial charge in [-0.1, -0.05) is 35.9 Å². The summed E-state index contributed by atoms with van der Waals surface area (Å²) in [6.07, 6.45) is 0.338. The van der Waals surface area contributed by atoms with Crippen molar-refractivity contribution in [1.82, 2.24) is 15.6 Å². The summed E-state index contributed by atoms with van der Waals surface area (Å²) in [4.78, 5) is 20.8. The number of aliphatic imine (C=N–C) groups is 1. The SMILES string of the molecule is CCNC(=NCc1ccc(C)cc1)NCCC(=O)Nc1cccc(C)n1. The lowest BCUT2D eigenvalue weighted by molar-refractivity contribution is -0.116. The Labute approximate surface area is 155 Å². The van der Waals surface area contributed by atoms with Gasteiger partial charge in [-0.2, -0.15) is 0 Å². The van der Waals surface area contributed by atoms with Crippen molar-refractivity contribution < 1.29 is 4.79 Å². The van der Waals surface area contributed by atoms with Gasteiger partial charge in [0.15, 0.2) is 5.96 Å². The van der Waals surface area contributed by atoms with Gasteiger partial charge in [0.1, 0.15) is 5.82 Å². The molecule has 0 saturated carbocycles. The number of rotatable bonds is 7. The van der Waals surface area contributed by atoms with Crippen molar-refractivity contribution in [3.05, 3.63) is 59.3 Å². The zero-order valence-electron chi connectivity index (χ0n) is 15.7. The molecule has 0 spiro atoms. The van der Waals surface area contributed by atoms with E-state index in [9.17, 15) is 4.79 Å². The van der Waals surface area contributed by atoms with Crippen LogP contribution < -0.4 is 16.0 Å². The quantitative estimate of drug-likeness (QED) is 0.528. The number of guanidine groups is 1. The van der Waals surface area contributed by atoms with E-state index < -0.39 is 0 Å². The van der Waals surface area contributed by atoms with Gasteiger partial charge in [0, 0.05) is 25.2 Å². The monoisotopic (exact) mass is 353 g/mol. The molecule has 0 aliphatic heterocycles. The van der Waals surface area contributed by atoms with Crippen LogP contribution in [0.25, 0.3) is 0 Å². The number of nitrogens with zero attached hydrogens (tertiary/aromatic N) is 2. The number of carbonyl (C=O) groups is 1. The average molecular weight is 353 g/mol. The third kappa shape index (κ3) is 6.93. The number of anilines is 1. The van der Waals surface area contributed by atoms with Crippen molar-refractivity contribution in [2.24, 2.45) is 4.99 Å². The average Bonchev–Trinajstić information content (AvgIpc) is 2.61. The van der Waals surface area contributed by atoms with Gasteiger partial charge in [0.2, 0.25) is 5.91 Å². The highest BCUT2D eigenvalue weighted by Crippen LogP contribution is 2.05. The van der Waals surface area contributed by atoms with Crippen molar-refractivity contribution >= 4 is 17.7 Å². The van der Waals surface area contributed by atoms with Crippen LogP contribution in [0.2, 0.25) is 0 Å². The predicted octanol–water partition coefficient (Wildman–Crippen LogP) is 2.78. The highest BCUT2D eigenvalue weighted by atomic mass is 16.1. The third-order valence-electron chi connectivity index (χ3n) is 3.68. The molecule has 1 amide bonds. The molecule has 0 radical (unpaired) electrons. The molecule has 0 saturated heterocycles. The summed E-state index contributed by atoms with van der Waals surface area (Å²) in [5.41, 5.74) is 3.26. The van der Waals surface area contributed by atoms with Crippen molar-refractivity contribution in [2.75, 3.05) is 18.4 Å². The second-order valence-electron chi connectivity index (χ2n) is 6.07. The molecule has 0 fully saturated rings. The van der Waals surface area contributed by atoms with Gasteiger partial charge >= 0.3 is 0 Å². The van der Waals surface area contributed by atoms with Crippen LogP contribution in [0.5, 0.6) is 0 Å². The summed E-state index contributed by atoms with van der Waals surface area (Å²) < 4.78 is 0. The predicted molar refractivity (Wildman–Crippen MR) is 106 cm³/mol. The Balaban J connectivity index is 1.80. The molecule has 2 aromatic rings. The Bertz CT molecular complexity index is 740. The van der Waals surface area contributed by atoms with E-state index in [1.54, 1.807) is 6.07 Å². The van der Waals surface area contributed by atoms with Gasteiger partial charge in [-0.3, -0.25) is 4.79 Å². The fourth-order valence-corrected chi connectivity index (χ4v) is 2.32. The molecule has 6 heteroatoms. The zero-order chi connectivity index (χ0) is 18.8. The van der Waals surface area contributed by atoms with E-state index in [4.69, 9.17) is 0 Å². The number of aryl methyl sites for hydroxylation is 2. The first-order valence-corrected chi connectivity index (χ1v) is 8.88. The lowest BCUT2D eigenvalue weighted by Crippen LogP contribution is -2.38. The molecule has 1 aromatic heterocycles. The largest absolute Gasteiger partial charge is 0.357 e. The lowest BCUT2D eigenvalue weighted by Gasteiger charge is -2.11. The second-order valence-corrected chi connectivity index (χ2v) is 6.07. The van der Waals surface area contributed by atoms with Crippen molar-refractivity contribution in [3.63, 3.8) is 0 Å². The smallest absolute Gasteiger partial charge is 0.227 e. The van der Waals surface area contributed by atoms with Crippen molar-refractivity contribution in [1.29, 1.82) is 0 Å². The minimum Gasteiger partial charge on any atom is -0.357 e. The number of benzene rings is 1. The van der Waals surface area contributed by atoms with Gasteiger partial charge in [-0.15, -0.1) is 0 Å². The maximum atomic E-state index is 12.0. The van der Waals surface area contributed by atoms with Crippen LogP contribution in [-0.2, 0) is 11.3 Å². The Morgan fingerprint density at radius 2 is 1.85 bits per heavy atom. The second kappa shape index (κ2) is 10.2. The number of carbonyl (C=O) groups excluding carboxylic acids is 1. The first-order valence-electron chi connectivity index (χ1n) is 8.88. The molecular formula is C20H27N5O. The van der Waals surface area contributed by atoms with E-state index >= 15 is 0 Å². The maximum absolute atomic E-state index is 12.0. The lowest BCUT2D eigenvalue weighted by atomic mass is 10.1. The zero-order valence-corrected chi connectivity index (χ0v) is 15.7. The fourth-order valence-electron chi connectivity index (χ4n) is 2.32.